The summed E-state index contributed by atoms with van der Waals surface area (Å²) in [6.45, 7) is 5.31. The SMILES string of the molecule is Cc1cc(N)cnc1N1C(=O)C(C)C(C)C1=O. The van der Waals surface area contributed by atoms with Crippen molar-refractivity contribution in [3.05, 3.63) is 17.8 Å². The van der Waals surface area contributed by atoms with Crippen LogP contribution < -0.4 is 10.6 Å². The van der Waals surface area contributed by atoms with E-state index in [2.05, 4.69) is 4.98 Å². The zero-order chi connectivity index (χ0) is 12.7. The van der Waals surface area contributed by atoms with Crippen molar-refractivity contribution >= 4 is 23.3 Å². The molecule has 2 unspecified atom stereocenters. The quantitative estimate of drug-likeness (QED) is 0.737. The fourth-order valence-electron chi connectivity index (χ4n) is 1.98. The normalized spacial score (nSPS) is 24.5. The number of nitrogens with zero attached hydrogens (tertiary/aromatic N) is 2. The number of rotatable bonds is 1. The molecule has 1 aliphatic rings. The summed E-state index contributed by atoms with van der Waals surface area (Å²) in [4.78, 5) is 29.3. The largest absolute Gasteiger partial charge is 0.397 e. The van der Waals surface area contributed by atoms with Gasteiger partial charge in [0.25, 0.3) is 0 Å². The summed E-state index contributed by atoms with van der Waals surface area (Å²) < 4.78 is 0. The third-order valence-corrected chi connectivity index (χ3v) is 3.25. The molecule has 2 amide bonds. The number of carbonyl (C=O) groups excluding carboxylic acids is 2. The van der Waals surface area contributed by atoms with Crippen molar-refractivity contribution in [1.29, 1.82) is 0 Å². The predicted octanol–water partition coefficient (Wildman–Crippen LogP) is 1.12. The number of aromatic nitrogens is 1. The maximum absolute atomic E-state index is 12.0. The molecule has 0 aromatic carbocycles. The van der Waals surface area contributed by atoms with Gasteiger partial charge in [0.15, 0.2) is 0 Å². The van der Waals surface area contributed by atoms with Gasteiger partial charge in [-0.1, -0.05) is 13.8 Å². The van der Waals surface area contributed by atoms with Crippen LogP contribution in [0.2, 0.25) is 0 Å². The van der Waals surface area contributed by atoms with Crippen LogP contribution in [-0.2, 0) is 9.59 Å². The monoisotopic (exact) mass is 233 g/mol. The van der Waals surface area contributed by atoms with E-state index in [1.807, 2.05) is 0 Å². The standard InChI is InChI=1S/C12H15N3O2/c1-6-4-9(13)5-14-10(6)15-11(16)7(2)8(3)12(15)17/h4-5,7-8H,13H2,1-3H3. The number of nitrogen functional groups attached to an aromatic ring is 1. The first kappa shape index (κ1) is 11.6. The Morgan fingerprint density at radius 1 is 1.24 bits per heavy atom. The van der Waals surface area contributed by atoms with Crippen molar-refractivity contribution in [2.45, 2.75) is 20.8 Å². The molecule has 5 nitrogen and oxygen atoms in total. The van der Waals surface area contributed by atoms with E-state index >= 15 is 0 Å². The highest BCUT2D eigenvalue weighted by atomic mass is 16.2. The lowest BCUT2D eigenvalue weighted by Crippen LogP contribution is -2.32. The minimum atomic E-state index is -0.291. The first-order valence-electron chi connectivity index (χ1n) is 5.53. The maximum Gasteiger partial charge on any atom is 0.238 e. The van der Waals surface area contributed by atoms with Gasteiger partial charge < -0.3 is 5.73 Å². The van der Waals surface area contributed by atoms with Crippen molar-refractivity contribution < 1.29 is 9.59 Å². The maximum atomic E-state index is 12.0. The fourth-order valence-corrected chi connectivity index (χ4v) is 1.98. The second kappa shape index (κ2) is 3.84. The lowest BCUT2D eigenvalue weighted by molar-refractivity contribution is -0.122. The molecular formula is C12H15N3O2. The summed E-state index contributed by atoms with van der Waals surface area (Å²) in [5.41, 5.74) is 6.85. The van der Waals surface area contributed by atoms with E-state index in [0.717, 1.165) is 5.56 Å². The van der Waals surface area contributed by atoms with E-state index in [0.29, 0.717) is 11.5 Å². The number of aryl methyl sites for hydroxylation is 1. The molecule has 90 valence electrons. The molecule has 2 heterocycles. The van der Waals surface area contributed by atoms with Gasteiger partial charge in [0.1, 0.15) is 5.82 Å². The smallest absolute Gasteiger partial charge is 0.238 e. The molecule has 0 aliphatic carbocycles. The van der Waals surface area contributed by atoms with Crippen LogP contribution in [0.5, 0.6) is 0 Å². The van der Waals surface area contributed by atoms with Crippen molar-refractivity contribution in [1.82, 2.24) is 4.98 Å². The molecule has 2 rings (SSSR count). The van der Waals surface area contributed by atoms with E-state index in [1.54, 1.807) is 26.8 Å². The number of carbonyl (C=O) groups is 2. The van der Waals surface area contributed by atoms with Crippen molar-refractivity contribution in [2.75, 3.05) is 10.6 Å². The van der Waals surface area contributed by atoms with Gasteiger partial charge in [0.2, 0.25) is 11.8 Å². The van der Waals surface area contributed by atoms with Crippen LogP contribution in [-0.4, -0.2) is 16.8 Å². The average Bonchev–Trinajstić information content (AvgIpc) is 2.45. The second-order valence-electron chi connectivity index (χ2n) is 4.50. The van der Waals surface area contributed by atoms with Crippen LogP contribution in [0, 0.1) is 18.8 Å². The highest BCUT2D eigenvalue weighted by Gasteiger charge is 2.44. The van der Waals surface area contributed by atoms with Gasteiger partial charge in [-0.3, -0.25) is 9.59 Å². The molecule has 0 saturated carbocycles. The number of pyridine rings is 1. The van der Waals surface area contributed by atoms with Gasteiger partial charge in [-0.2, -0.15) is 0 Å². The van der Waals surface area contributed by atoms with Gasteiger partial charge in [-0.15, -0.1) is 0 Å². The molecule has 0 spiro atoms. The summed E-state index contributed by atoms with van der Waals surface area (Å²) in [5, 5.41) is 0. The second-order valence-corrected chi connectivity index (χ2v) is 4.50. The summed E-state index contributed by atoms with van der Waals surface area (Å²) >= 11 is 0. The fraction of sp³-hybridized carbons (Fsp3) is 0.417. The first-order chi connectivity index (χ1) is 7.93. The van der Waals surface area contributed by atoms with E-state index in [9.17, 15) is 9.59 Å². The zero-order valence-electron chi connectivity index (χ0n) is 10.1. The summed E-state index contributed by atoms with van der Waals surface area (Å²) in [6.07, 6.45) is 1.45. The molecule has 1 aromatic heterocycles. The number of imide groups is 1. The summed E-state index contributed by atoms with van der Waals surface area (Å²) in [6, 6.07) is 1.70. The molecule has 1 saturated heterocycles. The third kappa shape index (κ3) is 1.67. The Hall–Kier alpha value is -1.91. The minimum Gasteiger partial charge on any atom is -0.397 e. The Balaban J connectivity index is 2.47. The number of hydrogen-bond donors (Lipinski definition) is 1. The Kier molecular flexibility index (Phi) is 2.61. The molecule has 1 fully saturated rings. The average molecular weight is 233 g/mol. The minimum absolute atomic E-state index is 0.192. The molecule has 5 heteroatoms. The Morgan fingerprint density at radius 3 is 2.24 bits per heavy atom. The Bertz CT molecular complexity index is 479. The van der Waals surface area contributed by atoms with E-state index in [-0.39, 0.29) is 23.7 Å². The number of anilines is 2. The van der Waals surface area contributed by atoms with E-state index in [1.165, 1.54) is 11.1 Å². The van der Waals surface area contributed by atoms with E-state index < -0.39 is 0 Å². The van der Waals surface area contributed by atoms with Crippen LogP contribution >= 0.6 is 0 Å². The summed E-state index contributed by atoms with van der Waals surface area (Å²) in [7, 11) is 0. The molecular weight excluding hydrogens is 218 g/mol. The topological polar surface area (TPSA) is 76.3 Å². The van der Waals surface area contributed by atoms with Crippen LogP contribution in [0.4, 0.5) is 11.5 Å². The van der Waals surface area contributed by atoms with Crippen LogP contribution in [0.15, 0.2) is 12.3 Å². The lowest BCUT2D eigenvalue weighted by atomic mass is 10.00. The van der Waals surface area contributed by atoms with Crippen LogP contribution in [0.1, 0.15) is 19.4 Å². The Labute approximate surface area is 99.6 Å². The Morgan fingerprint density at radius 2 is 1.76 bits per heavy atom. The van der Waals surface area contributed by atoms with Crippen LogP contribution in [0.25, 0.3) is 0 Å². The molecule has 1 aliphatic heterocycles. The zero-order valence-corrected chi connectivity index (χ0v) is 10.1. The van der Waals surface area contributed by atoms with Crippen LogP contribution in [0.3, 0.4) is 0 Å². The van der Waals surface area contributed by atoms with Gasteiger partial charge in [-0.25, -0.2) is 9.88 Å². The number of nitrogens with two attached hydrogens (primary N) is 1. The van der Waals surface area contributed by atoms with Gasteiger partial charge in [-0.05, 0) is 18.6 Å². The van der Waals surface area contributed by atoms with Gasteiger partial charge >= 0.3 is 0 Å². The molecule has 2 N–H and O–H groups in total. The van der Waals surface area contributed by atoms with Crippen molar-refractivity contribution in [2.24, 2.45) is 11.8 Å². The number of hydrogen-bond acceptors (Lipinski definition) is 4. The highest BCUT2D eigenvalue weighted by molar-refractivity contribution is 6.21. The van der Waals surface area contributed by atoms with E-state index in [4.69, 9.17) is 5.73 Å². The summed E-state index contributed by atoms with van der Waals surface area (Å²) in [5.74, 6) is -0.571. The van der Waals surface area contributed by atoms with Crippen molar-refractivity contribution in [3.63, 3.8) is 0 Å². The van der Waals surface area contributed by atoms with Gasteiger partial charge in [0, 0.05) is 11.8 Å². The third-order valence-electron chi connectivity index (χ3n) is 3.25. The molecule has 2 atom stereocenters. The molecule has 0 radical (unpaired) electrons. The highest BCUT2D eigenvalue weighted by Crippen LogP contribution is 2.31. The molecule has 1 aromatic rings. The molecule has 0 bridgehead atoms. The molecule has 17 heavy (non-hydrogen) atoms. The number of amides is 2. The predicted molar refractivity (Wildman–Crippen MR) is 64.2 cm³/mol. The first-order valence-corrected chi connectivity index (χ1v) is 5.53. The van der Waals surface area contributed by atoms with Crippen molar-refractivity contribution in [3.8, 4) is 0 Å². The van der Waals surface area contributed by atoms with Gasteiger partial charge in [0.05, 0.1) is 11.9 Å². The lowest BCUT2D eigenvalue weighted by Gasteiger charge is -2.15.